The summed E-state index contributed by atoms with van der Waals surface area (Å²) in [5, 5.41) is 1.27. The maximum Gasteiger partial charge on any atom is 0.0867 e. The van der Waals surface area contributed by atoms with Gasteiger partial charge in [-0.05, 0) is 38.1 Å². The summed E-state index contributed by atoms with van der Waals surface area (Å²) in [5.41, 5.74) is 2.53. The second kappa shape index (κ2) is 5.02. The van der Waals surface area contributed by atoms with Gasteiger partial charge in [-0.3, -0.25) is 0 Å². The molecule has 0 saturated carbocycles. The Morgan fingerprint density at radius 1 is 1.25 bits per heavy atom. The van der Waals surface area contributed by atoms with Gasteiger partial charge in [-0.1, -0.05) is 15.9 Å². The van der Waals surface area contributed by atoms with Crippen LogP contribution >= 0.6 is 15.9 Å². The standard InChI is InChI=1S/C13H16BrNO/c1-3-15-12(9-16-4-2)8-10-7-11(14)5-6-13(10)15/h5-8H,3-4,9H2,1-2H3. The van der Waals surface area contributed by atoms with Crippen molar-refractivity contribution in [2.24, 2.45) is 0 Å². The minimum absolute atomic E-state index is 0.691. The lowest BCUT2D eigenvalue weighted by atomic mass is 10.2. The molecule has 0 amide bonds. The van der Waals surface area contributed by atoms with E-state index in [1.165, 1.54) is 16.6 Å². The molecular formula is C13H16BrNO. The van der Waals surface area contributed by atoms with E-state index in [0.717, 1.165) is 17.6 Å². The summed E-state index contributed by atoms with van der Waals surface area (Å²) in [6.45, 7) is 6.62. The molecule has 0 unspecified atom stereocenters. The van der Waals surface area contributed by atoms with E-state index in [4.69, 9.17) is 4.74 Å². The molecule has 16 heavy (non-hydrogen) atoms. The molecule has 0 atom stereocenters. The number of hydrogen-bond donors (Lipinski definition) is 0. The van der Waals surface area contributed by atoms with Crippen LogP contribution in [0.25, 0.3) is 10.9 Å². The van der Waals surface area contributed by atoms with Crippen molar-refractivity contribution in [3.05, 3.63) is 34.4 Å². The molecule has 0 N–H and O–H groups in total. The van der Waals surface area contributed by atoms with Crippen LogP contribution in [0, 0.1) is 0 Å². The Morgan fingerprint density at radius 3 is 2.75 bits per heavy atom. The van der Waals surface area contributed by atoms with Crippen molar-refractivity contribution in [1.82, 2.24) is 4.57 Å². The topological polar surface area (TPSA) is 14.2 Å². The third-order valence-electron chi connectivity index (χ3n) is 2.72. The van der Waals surface area contributed by atoms with Crippen molar-refractivity contribution in [2.45, 2.75) is 27.0 Å². The average Bonchev–Trinajstić information content (AvgIpc) is 2.62. The van der Waals surface area contributed by atoms with Crippen LogP contribution in [-0.4, -0.2) is 11.2 Å². The van der Waals surface area contributed by atoms with E-state index in [2.05, 4.69) is 51.7 Å². The normalized spacial score (nSPS) is 11.2. The quantitative estimate of drug-likeness (QED) is 0.828. The van der Waals surface area contributed by atoms with E-state index in [9.17, 15) is 0 Å². The molecule has 0 radical (unpaired) electrons. The Kier molecular flexibility index (Phi) is 3.66. The first-order chi connectivity index (χ1) is 7.76. The zero-order chi connectivity index (χ0) is 11.5. The largest absolute Gasteiger partial charge is 0.376 e. The maximum absolute atomic E-state index is 5.49. The Balaban J connectivity index is 2.48. The smallest absolute Gasteiger partial charge is 0.0867 e. The highest BCUT2D eigenvalue weighted by Gasteiger charge is 2.07. The van der Waals surface area contributed by atoms with Gasteiger partial charge in [-0.25, -0.2) is 0 Å². The molecule has 2 nitrogen and oxygen atoms in total. The van der Waals surface area contributed by atoms with E-state index in [1.807, 2.05) is 6.92 Å². The fourth-order valence-corrected chi connectivity index (χ4v) is 2.38. The lowest BCUT2D eigenvalue weighted by molar-refractivity contribution is 0.129. The van der Waals surface area contributed by atoms with Gasteiger partial charge < -0.3 is 9.30 Å². The minimum Gasteiger partial charge on any atom is -0.376 e. The highest BCUT2D eigenvalue weighted by Crippen LogP contribution is 2.24. The van der Waals surface area contributed by atoms with Crippen molar-refractivity contribution < 1.29 is 4.74 Å². The van der Waals surface area contributed by atoms with Crippen molar-refractivity contribution in [3.63, 3.8) is 0 Å². The van der Waals surface area contributed by atoms with Crippen LogP contribution in [-0.2, 0) is 17.9 Å². The number of fused-ring (bicyclic) bond motifs is 1. The molecule has 2 rings (SSSR count). The second-order valence-electron chi connectivity index (χ2n) is 3.72. The molecule has 86 valence electrons. The molecular weight excluding hydrogens is 266 g/mol. The number of aryl methyl sites for hydroxylation is 1. The minimum atomic E-state index is 0.691. The lowest BCUT2D eigenvalue weighted by Crippen LogP contribution is -2.02. The van der Waals surface area contributed by atoms with Crippen LogP contribution < -0.4 is 0 Å². The van der Waals surface area contributed by atoms with Crippen molar-refractivity contribution in [3.8, 4) is 0 Å². The number of rotatable bonds is 4. The molecule has 0 bridgehead atoms. The molecule has 0 aliphatic rings. The number of aromatic nitrogens is 1. The molecule has 3 heteroatoms. The highest BCUT2D eigenvalue weighted by molar-refractivity contribution is 9.10. The molecule has 1 aromatic heterocycles. The van der Waals surface area contributed by atoms with E-state index in [1.54, 1.807) is 0 Å². The number of halogens is 1. The Bertz CT molecular complexity index is 490. The van der Waals surface area contributed by atoms with Gasteiger partial charge in [0, 0.05) is 34.2 Å². The number of hydrogen-bond acceptors (Lipinski definition) is 1. The Morgan fingerprint density at radius 2 is 2.06 bits per heavy atom. The fraction of sp³-hybridized carbons (Fsp3) is 0.385. The first-order valence-electron chi connectivity index (χ1n) is 5.61. The molecule has 0 aliphatic heterocycles. The van der Waals surface area contributed by atoms with Gasteiger partial charge >= 0.3 is 0 Å². The van der Waals surface area contributed by atoms with E-state index in [-0.39, 0.29) is 0 Å². The molecule has 0 aliphatic carbocycles. The predicted molar refractivity (Wildman–Crippen MR) is 70.6 cm³/mol. The molecule has 0 saturated heterocycles. The van der Waals surface area contributed by atoms with Crippen LogP contribution in [0.1, 0.15) is 19.5 Å². The molecule has 1 heterocycles. The van der Waals surface area contributed by atoms with E-state index < -0.39 is 0 Å². The molecule has 1 aromatic carbocycles. The van der Waals surface area contributed by atoms with Gasteiger partial charge in [0.05, 0.1) is 6.61 Å². The molecule has 2 aromatic rings. The van der Waals surface area contributed by atoms with E-state index >= 15 is 0 Å². The van der Waals surface area contributed by atoms with Crippen LogP contribution in [0.4, 0.5) is 0 Å². The lowest BCUT2D eigenvalue weighted by Gasteiger charge is -2.07. The average molecular weight is 282 g/mol. The summed E-state index contributed by atoms with van der Waals surface area (Å²) in [6, 6.07) is 8.59. The fourth-order valence-electron chi connectivity index (χ4n) is 2.00. The van der Waals surface area contributed by atoms with Crippen molar-refractivity contribution in [2.75, 3.05) is 6.61 Å². The Labute approximate surface area is 104 Å². The number of nitrogens with zero attached hydrogens (tertiary/aromatic N) is 1. The number of ether oxygens (including phenoxy) is 1. The van der Waals surface area contributed by atoms with Crippen molar-refractivity contribution >= 4 is 26.8 Å². The third kappa shape index (κ3) is 2.15. The van der Waals surface area contributed by atoms with Crippen LogP contribution in [0.2, 0.25) is 0 Å². The highest BCUT2D eigenvalue weighted by atomic mass is 79.9. The molecule has 0 fully saturated rings. The van der Waals surface area contributed by atoms with Gasteiger partial charge in [0.25, 0.3) is 0 Å². The van der Waals surface area contributed by atoms with Gasteiger partial charge in [0.15, 0.2) is 0 Å². The first kappa shape index (κ1) is 11.7. The Hall–Kier alpha value is -0.800. The SMILES string of the molecule is CCOCc1cc2cc(Br)ccc2n1CC. The maximum atomic E-state index is 5.49. The summed E-state index contributed by atoms with van der Waals surface area (Å²) >= 11 is 3.50. The summed E-state index contributed by atoms with van der Waals surface area (Å²) in [7, 11) is 0. The second-order valence-corrected chi connectivity index (χ2v) is 4.64. The molecule has 0 spiro atoms. The zero-order valence-corrected chi connectivity index (χ0v) is 11.3. The zero-order valence-electron chi connectivity index (χ0n) is 9.66. The van der Waals surface area contributed by atoms with Crippen LogP contribution in [0.15, 0.2) is 28.7 Å². The van der Waals surface area contributed by atoms with Crippen LogP contribution in [0.5, 0.6) is 0 Å². The summed E-state index contributed by atoms with van der Waals surface area (Å²) in [5.74, 6) is 0. The summed E-state index contributed by atoms with van der Waals surface area (Å²) in [4.78, 5) is 0. The summed E-state index contributed by atoms with van der Waals surface area (Å²) in [6.07, 6.45) is 0. The van der Waals surface area contributed by atoms with E-state index in [0.29, 0.717) is 6.61 Å². The summed E-state index contributed by atoms with van der Waals surface area (Å²) < 4.78 is 8.91. The monoisotopic (exact) mass is 281 g/mol. The van der Waals surface area contributed by atoms with Gasteiger partial charge in [-0.15, -0.1) is 0 Å². The number of benzene rings is 1. The third-order valence-corrected chi connectivity index (χ3v) is 3.21. The predicted octanol–water partition coefficient (Wildman–Crippen LogP) is 3.96. The van der Waals surface area contributed by atoms with Crippen molar-refractivity contribution in [1.29, 1.82) is 0 Å². The van der Waals surface area contributed by atoms with Crippen LogP contribution in [0.3, 0.4) is 0 Å². The van der Waals surface area contributed by atoms with Gasteiger partial charge in [0.2, 0.25) is 0 Å². The first-order valence-corrected chi connectivity index (χ1v) is 6.41. The van der Waals surface area contributed by atoms with Gasteiger partial charge in [0.1, 0.15) is 0 Å². The van der Waals surface area contributed by atoms with Gasteiger partial charge in [-0.2, -0.15) is 0 Å².